The molecule has 40 heavy (non-hydrogen) atoms. The number of nitrogens with zero attached hydrogens (tertiary/aromatic N) is 1. The lowest BCUT2D eigenvalue weighted by molar-refractivity contribution is -0.0500. The second-order valence-corrected chi connectivity index (χ2v) is 13.2. The summed E-state index contributed by atoms with van der Waals surface area (Å²) in [5, 5.41) is 0. The molecule has 0 aliphatic rings. The molecule has 0 unspecified atom stereocenters. The third-order valence-corrected chi connectivity index (χ3v) is 8.08. The molecule has 8 nitrogen and oxygen atoms in total. The number of sulfone groups is 1. The van der Waals surface area contributed by atoms with Crippen LogP contribution in [0.1, 0.15) is 31.9 Å². The fraction of sp³-hybridized carbons (Fsp3) is 0.296. The summed E-state index contributed by atoms with van der Waals surface area (Å²) >= 11 is 0. The summed E-state index contributed by atoms with van der Waals surface area (Å²) in [4.78, 5) is 13.7. The lowest BCUT2D eigenvalue weighted by Gasteiger charge is -2.27. The Hall–Kier alpha value is -3.58. The van der Waals surface area contributed by atoms with E-state index in [-0.39, 0.29) is 24.4 Å². The number of hydrogen-bond donors (Lipinski definition) is 0. The van der Waals surface area contributed by atoms with E-state index in [4.69, 9.17) is 4.74 Å². The molecular formula is C27H28F3NO7S2. The van der Waals surface area contributed by atoms with Gasteiger partial charge in [-0.05, 0) is 62.6 Å². The average Bonchev–Trinajstić information content (AvgIpc) is 2.85. The van der Waals surface area contributed by atoms with Crippen molar-refractivity contribution in [3.05, 3.63) is 90.0 Å². The normalized spacial score (nSPS) is 12.6. The van der Waals surface area contributed by atoms with E-state index in [1.807, 2.05) is 30.3 Å². The van der Waals surface area contributed by atoms with Crippen LogP contribution in [0.3, 0.4) is 0 Å². The van der Waals surface area contributed by atoms with Gasteiger partial charge in [0.15, 0.2) is 0 Å². The molecule has 216 valence electrons. The highest BCUT2D eigenvalue weighted by Crippen LogP contribution is 2.30. The molecule has 0 aliphatic heterocycles. The van der Waals surface area contributed by atoms with Crippen LogP contribution in [0.25, 0.3) is 0 Å². The maximum Gasteiger partial charge on any atom is 0.534 e. The van der Waals surface area contributed by atoms with E-state index >= 15 is 0 Å². The van der Waals surface area contributed by atoms with E-state index in [0.717, 1.165) is 23.8 Å². The highest BCUT2D eigenvalue weighted by molar-refractivity contribution is 7.91. The van der Waals surface area contributed by atoms with Gasteiger partial charge in [-0.3, -0.25) is 0 Å². The maximum atomic E-state index is 13.2. The summed E-state index contributed by atoms with van der Waals surface area (Å²) in [5.41, 5.74) is -4.96. The number of ether oxygens (including phenoxy) is 1. The number of hydrogen-bond acceptors (Lipinski definition) is 7. The largest absolute Gasteiger partial charge is 0.534 e. The molecule has 0 bridgehead atoms. The fourth-order valence-electron chi connectivity index (χ4n) is 3.50. The summed E-state index contributed by atoms with van der Waals surface area (Å²) in [7, 11) is -10.2. The molecule has 3 aromatic carbocycles. The molecular weight excluding hydrogens is 571 g/mol. The van der Waals surface area contributed by atoms with Crippen molar-refractivity contribution in [2.75, 3.05) is 6.54 Å². The van der Waals surface area contributed by atoms with Crippen molar-refractivity contribution >= 4 is 26.0 Å². The minimum absolute atomic E-state index is 0.173. The zero-order valence-electron chi connectivity index (χ0n) is 21.9. The van der Waals surface area contributed by atoms with Crippen LogP contribution in [0.4, 0.5) is 18.0 Å². The summed E-state index contributed by atoms with van der Waals surface area (Å²) in [6.45, 7) is 5.71. The molecule has 0 radical (unpaired) electrons. The monoisotopic (exact) mass is 599 g/mol. The highest BCUT2D eigenvalue weighted by Gasteiger charge is 2.48. The van der Waals surface area contributed by atoms with Gasteiger partial charge in [-0.15, -0.1) is 0 Å². The number of halogens is 3. The summed E-state index contributed by atoms with van der Waals surface area (Å²) < 4.78 is 96.8. The standard InChI is InChI=1S/C27H28F3NO7S2/c1-26(2,3)37-25(32)31(19-21-9-5-4-6-10-21)16-15-20-11-7-13-23(17-20)39(33,34)24-14-8-12-22(18-24)38-40(35,36)27(28,29)30/h4-14,17-18H,15-16,19H2,1-3H3. The van der Waals surface area contributed by atoms with Crippen LogP contribution in [0.5, 0.6) is 5.75 Å². The van der Waals surface area contributed by atoms with Crippen LogP contribution in [0, 0.1) is 0 Å². The second kappa shape index (κ2) is 11.9. The summed E-state index contributed by atoms with van der Waals surface area (Å²) in [6, 6.07) is 18.9. The van der Waals surface area contributed by atoms with Crippen LogP contribution < -0.4 is 4.18 Å². The molecule has 0 aromatic heterocycles. The van der Waals surface area contributed by atoms with E-state index in [9.17, 15) is 34.8 Å². The Balaban J connectivity index is 1.82. The Bertz CT molecular complexity index is 1550. The van der Waals surface area contributed by atoms with Gasteiger partial charge in [0.2, 0.25) is 9.84 Å². The molecule has 13 heteroatoms. The molecule has 1 amide bonds. The molecule has 0 spiro atoms. The average molecular weight is 600 g/mol. The van der Waals surface area contributed by atoms with Crippen LogP contribution in [0.2, 0.25) is 0 Å². The number of benzene rings is 3. The van der Waals surface area contributed by atoms with Crippen molar-refractivity contribution in [2.24, 2.45) is 0 Å². The molecule has 0 atom stereocenters. The third-order valence-electron chi connectivity index (χ3n) is 5.35. The highest BCUT2D eigenvalue weighted by atomic mass is 32.2. The SMILES string of the molecule is CC(C)(C)OC(=O)N(CCc1cccc(S(=O)(=O)c2cccc(OS(=O)(=O)C(F)(F)F)c2)c1)Cc1ccccc1. The number of carbonyl (C=O) groups is 1. The quantitative estimate of drug-likeness (QED) is 0.229. The molecule has 0 N–H and O–H groups in total. The van der Waals surface area contributed by atoms with Gasteiger partial charge in [0, 0.05) is 19.2 Å². The topological polar surface area (TPSA) is 107 Å². The zero-order chi connectivity index (χ0) is 29.8. The molecule has 0 saturated carbocycles. The zero-order valence-corrected chi connectivity index (χ0v) is 23.5. The number of amides is 1. The van der Waals surface area contributed by atoms with Gasteiger partial charge in [0.1, 0.15) is 11.4 Å². The van der Waals surface area contributed by atoms with E-state index in [2.05, 4.69) is 4.18 Å². The first-order chi connectivity index (χ1) is 18.5. The van der Waals surface area contributed by atoms with Gasteiger partial charge in [-0.25, -0.2) is 13.2 Å². The lowest BCUT2D eigenvalue weighted by atomic mass is 10.1. The van der Waals surface area contributed by atoms with Crippen LogP contribution in [-0.4, -0.2) is 45.5 Å². The molecule has 0 fully saturated rings. The predicted octanol–water partition coefficient (Wildman–Crippen LogP) is 5.73. The fourth-order valence-corrected chi connectivity index (χ4v) is 5.32. The van der Waals surface area contributed by atoms with Crippen molar-refractivity contribution in [3.8, 4) is 5.75 Å². The van der Waals surface area contributed by atoms with Crippen molar-refractivity contribution in [1.82, 2.24) is 4.90 Å². The minimum atomic E-state index is -5.98. The Morgan fingerprint density at radius 1 is 0.800 bits per heavy atom. The first-order valence-electron chi connectivity index (χ1n) is 11.9. The predicted molar refractivity (Wildman–Crippen MR) is 141 cm³/mol. The Morgan fingerprint density at radius 2 is 1.38 bits per heavy atom. The van der Waals surface area contributed by atoms with E-state index < -0.39 is 47.8 Å². The third kappa shape index (κ3) is 8.21. The van der Waals surface area contributed by atoms with Crippen molar-refractivity contribution in [3.63, 3.8) is 0 Å². The Labute approximate surface area is 231 Å². The van der Waals surface area contributed by atoms with E-state index in [1.165, 1.54) is 23.1 Å². The smallest absolute Gasteiger partial charge is 0.444 e. The Kier molecular flexibility index (Phi) is 9.20. The minimum Gasteiger partial charge on any atom is -0.444 e. The van der Waals surface area contributed by atoms with Gasteiger partial charge in [0.25, 0.3) is 0 Å². The van der Waals surface area contributed by atoms with Gasteiger partial charge in [0.05, 0.1) is 9.79 Å². The van der Waals surface area contributed by atoms with Crippen molar-refractivity contribution < 1.29 is 43.7 Å². The first-order valence-corrected chi connectivity index (χ1v) is 14.8. The lowest BCUT2D eigenvalue weighted by Crippen LogP contribution is -2.37. The van der Waals surface area contributed by atoms with Crippen LogP contribution in [0.15, 0.2) is 88.7 Å². The van der Waals surface area contributed by atoms with E-state index in [0.29, 0.717) is 11.6 Å². The number of carbonyl (C=O) groups excluding carboxylic acids is 1. The summed E-state index contributed by atoms with van der Waals surface area (Å²) in [5.74, 6) is -0.802. The Morgan fingerprint density at radius 3 is 1.98 bits per heavy atom. The molecule has 0 aliphatic carbocycles. The van der Waals surface area contributed by atoms with Crippen molar-refractivity contribution in [2.45, 2.75) is 54.6 Å². The summed E-state index contributed by atoms with van der Waals surface area (Å²) in [6.07, 6.45) is -0.270. The van der Waals surface area contributed by atoms with Gasteiger partial charge >= 0.3 is 21.7 Å². The molecule has 0 heterocycles. The molecule has 3 rings (SSSR count). The van der Waals surface area contributed by atoms with Gasteiger partial charge < -0.3 is 13.8 Å². The first kappa shape index (κ1) is 31.0. The number of alkyl halides is 3. The number of rotatable bonds is 9. The second-order valence-electron chi connectivity index (χ2n) is 9.75. The maximum absolute atomic E-state index is 13.2. The van der Waals surface area contributed by atoms with Gasteiger partial charge in [-0.1, -0.05) is 48.5 Å². The van der Waals surface area contributed by atoms with Crippen molar-refractivity contribution in [1.29, 1.82) is 0 Å². The van der Waals surface area contributed by atoms with Crippen LogP contribution >= 0.6 is 0 Å². The molecule has 0 saturated heterocycles. The van der Waals surface area contributed by atoms with E-state index in [1.54, 1.807) is 26.8 Å². The van der Waals surface area contributed by atoms with Crippen LogP contribution in [-0.2, 0) is 37.7 Å². The molecule has 3 aromatic rings. The van der Waals surface area contributed by atoms with Gasteiger partial charge in [-0.2, -0.15) is 21.6 Å².